The van der Waals surface area contributed by atoms with E-state index in [-0.39, 0.29) is 12.6 Å². The number of aliphatic hydroxyl groups excluding tert-OH is 1. The van der Waals surface area contributed by atoms with Gasteiger partial charge in [0.2, 0.25) is 0 Å². The van der Waals surface area contributed by atoms with Crippen LogP contribution in [0.2, 0.25) is 0 Å². The first-order valence-corrected chi connectivity index (χ1v) is 6.84. The van der Waals surface area contributed by atoms with E-state index in [9.17, 15) is 4.79 Å². The first kappa shape index (κ1) is 15.7. The van der Waals surface area contributed by atoms with Crippen molar-refractivity contribution in [3.05, 3.63) is 0 Å². The van der Waals surface area contributed by atoms with Crippen molar-refractivity contribution in [1.82, 2.24) is 0 Å². The summed E-state index contributed by atoms with van der Waals surface area (Å²) < 4.78 is 4.90. The third-order valence-electron chi connectivity index (χ3n) is 2.17. The quantitative estimate of drug-likeness (QED) is 0.474. The molecule has 4 nitrogen and oxygen atoms in total. The molecule has 0 aromatic heterocycles. The minimum atomic E-state index is -0.868. The van der Waals surface area contributed by atoms with E-state index in [0.29, 0.717) is 13.0 Å². The van der Waals surface area contributed by atoms with Gasteiger partial charge in [0.05, 0.1) is 6.61 Å². The summed E-state index contributed by atoms with van der Waals surface area (Å²) in [5.41, 5.74) is 5.00. The third kappa shape index (κ3) is 7.09. The van der Waals surface area contributed by atoms with E-state index in [1.807, 2.05) is 0 Å². The smallest absolute Gasteiger partial charge is 0.325 e. The molecular weight excluding hydrogens is 226 g/mol. The Kier molecular flexibility index (Phi) is 8.70. The van der Waals surface area contributed by atoms with Crippen LogP contribution in [0.4, 0.5) is 0 Å². The first-order valence-electron chi connectivity index (χ1n) is 5.69. The van der Waals surface area contributed by atoms with Gasteiger partial charge in [-0.15, -0.1) is 0 Å². The highest BCUT2D eigenvalue weighted by Crippen LogP contribution is 2.14. The van der Waals surface area contributed by atoms with Gasteiger partial charge in [0.15, 0.2) is 0 Å². The Bertz CT molecular complexity index is 198. The van der Waals surface area contributed by atoms with Crippen LogP contribution in [0, 0.1) is 0 Å². The molecule has 0 saturated heterocycles. The van der Waals surface area contributed by atoms with E-state index < -0.39 is 5.54 Å². The van der Waals surface area contributed by atoms with E-state index in [2.05, 4.69) is 0 Å². The molecule has 0 saturated carbocycles. The van der Waals surface area contributed by atoms with E-state index >= 15 is 0 Å². The molecule has 0 spiro atoms. The molecule has 0 aliphatic carbocycles. The number of hydrogen-bond acceptors (Lipinski definition) is 5. The lowest BCUT2D eigenvalue weighted by molar-refractivity contribution is -0.149. The zero-order valence-corrected chi connectivity index (χ0v) is 11.0. The maximum Gasteiger partial charge on any atom is 0.325 e. The second kappa shape index (κ2) is 8.84. The zero-order chi connectivity index (χ0) is 12.4. The van der Waals surface area contributed by atoms with Gasteiger partial charge in [0.25, 0.3) is 0 Å². The minimum Gasteiger partial charge on any atom is -0.465 e. The summed E-state index contributed by atoms with van der Waals surface area (Å²) in [6.45, 7) is 4.10. The van der Waals surface area contributed by atoms with Gasteiger partial charge in [-0.3, -0.25) is 4.79 Å². The average molecular weight is 249 g/mol. The van der Waals surface area contributed by atoms with Crippen LogP contribution >= 0.6 is 11.8 Å². The predicted molar refractivity (Wildman–Crippen MR) is 67.5 cm³/mol. The highest BCUT2D eigenvalue weighted by atomic mass is 32.2. The molecular formula is C11H23NO3S. The molecule has 0 rings (SSSR count). The molecule has 0 bridgehead atoms. The number of thioether (sulfide) groups is 1. The van der Waals surface area contributed by atoms with Gasteiger partial charge in [0, 0.05) is 6.61 Å². The van der Waals surface area contributed by atoms with Crippen LogP contribution in [0.15, 0.2) is 0 Å². The molecule has 0 fully saturated rings. The number of carbonyl (C=O) groups excluding carboxylic acids is 1. The summed E-state index contributed by atoms with van der Waals surface area (Å²) in [6.07, 6.45) is 2.35. The van der Waals surface area contributed by atoms with Crippen LogP contribution < -0.4 is 5.73 Å². The van der Waals surface area contributed by atoms with Gasteiger partial charge < -0.3 is 15.6 Å². The summed E-state index contributed by atoms with van der Waals surface area (Å²) in [4.78, 5) is 11.4. The summed E-state index contributed by atoms with van der Waals surface area (Å²) in [7, 11) is 0. The average Bonchev–Trinajstić information content (AvgIpc) is 2.23. The van der Waals surface area contributed by atoms with Crippen LogP contribution in [-0.2, 0) is 9.53 Å². The van der Waals surface area contributed by atoms with Gasteiger partial charge in [-0.1, -0.05) is 0 Å². The standard InChI is InChI=1S/C11H23NO3S/c1-3-15-10(14)11(2,12)6-4-8-16-9-5-7-13/h13H,3-9,12H2,1-2H3. The monoisotopic (exact) mass is 249 g/mol. The van der Waals surface area contributed by atoms with Gasteiger partial charge >= 0.3 is 5.97 Å². The van der Waals surface area contributed by atoms with Gasteiger partial charge in [-0.25, -0.2) is 0 Å². The van der Waals surface area contributed by atoms with Gasteiger partial charge in [0.1, 0.15) is 5.54 Å². The van der Waals surface area contributed by atoms with Crippen molar-refractivity contribution in [2.24, 2.45) is 5.73 Å². The maximum absolute atomic E-state index is 11.4. The molecule has 5 heteroatoms. The molecule has 1 unspecified atom stereocenters. The van der Waals surface area contributed by atoms with Crippen molar-refractivity contribution in [1.29, 1.82) is 0 Å². The number of rotatable bonds is 9. The number of nitrogens with two attached hydrogens (primary N) is 1. The number of esters is 1. The van der Waals surface area contributed by atoms with Crippen molar-refractivity contribution >= 4 is 17.7 Å². The van der Waals surface area contributed by atoms with Gasteiger partial charge in [-0.2, -0.15) is 11.8 Å². The van der Waals surface area contributed by atoms with E-state index in [4.69, 9.17) is 15.6 Å². The second-order valence-corrected chi connectivity index (χ2v) is 5.16. The fraction of sp³-hybridized carbons (Fsp3) is 0.909. The normalized spacial score (nSPS) is 14.5. The molecule has 1 atom stereocenters. The lowest BCUT2D eigenvalue weighted by Crippen LogP contribution is -2.46. The maximum atomic E-state index is 11.4. The number of carbonyl (C=O) groups is 1. The highest BCUT2D eigenvalue weighted by molar-refractivity contribution is 7.99. The Balaban J connectivity index is 3.61. The first-order chi connectivity index (χ1) is 7.54. The Morgan fingerprint density at radius 3 is 2.62 bits per heavy atom. The largest absolute Gasteiger partial charge is 0.465 e. The van der Waals surface area contributed by atoms with Crippen LogP contribution in [0.5, 0.6) is 0 Å². The molecule has 3 N–H and O–H groups in total. The fourth-order valence-corrected chi connectivity index (χ4v) is 2.09. The summed E-state index contributed by atoms with van der Waals surface area (Å²) >= 11 is 1.78. The van der Waals surface area contributed by atoms with Crippen LogP contribution in [0.3, 0.4) is 0 Å². The fourth-order valence-electron chi connectivity index (χ4n) is 1.21. The molecule has 0 amide bonds. The zero-order valence-electron chi connectivity index (χ0n) is 10.2. The summed E-state index contributed by atoms with van der Waals surface area (Å²) in [5.74, 6) is 1.60. The van der Waals surface area contributed by atoms with E-state index in [1.165, 1.54) is 0 Å². The molecule has 0 radical (unpaired) electrons. The molecule has 96 valence electrons. The Morgan fingerprint density at radius 2 is 2.06 bits per heavy atom. The Morgan fingerprint density at radius 1 is 1.44 bits per heavy atom. The van der Waals surface area contributed by atoms with Crippen LogP contribution in [-0.4, -0.2) is 41.3 Å². The Labute approximate surface area is 102 Å². The third-order valence-corrected chi connectivity index (χ3v) is 3.33. The molecule has 0 aromatic rings. The van der Waals surface area contributed by atoms with Crippen molar-refractivity contribution in [2.75, 3.05) is 24.7 Å². The second-order valence-electron chi connectivity index (χ2n) is 3.93. The number of ether oxygens (including phenoxy) is 1. The summed E-state index contributed by atoms with van der Waals surface area (Å²) in [6, 6.07) is 0. The molecule has 0 aliphatic rings. The topological polar surface area (TPSA) is 72.5 Å². The van der Waals surface area contributed by atoms with E-state index in [0.717, 1.165) is 24.3 Å². The minimum absolute atomic E-state index is 0.241. The molecule has 0 aromatic carbocycles. The van der Waals surface area contributed by atoms with Crippen molar-refractivity contribution in [2.45, 2.75) is 38.6 Å². The Hall–Kier alpha value is -0.260. The highest BCUT2D eigenvalue weighted by Gasteiger charge is 2.28. The predicted octanol–water partition coefficient (Wildman–Crippen LogP) is 1.16. The molecule has 16 heavy (non-hydrogen) atoms. The summed E-state index contributed by atoms with van der Waals surface area (Å²) in [5, 5.41) is 8.59. The van der Waals surface area contributed by atoms with Crippen LogP contribution in [0.25, 0.3) is 0 Å². The lowest BCUT2D eigenvalue weighted by atomic mass is 9.98. The van der Waals surface area contributed by atoms with Crippen molar-refractivity contribution in [3.63, 3.8) is 0 Å². The van der Waals surface area contributed by atoms with Gasteiger partial charge in [-0.05, 0) is 44.6 Å². The van der Waals surface area contributed by atoms with E-state index in [1.54, 1.807) is 25.6 Å². The number of aliphatic hydroxyl groups is 1. The van der Waals surface area contributed by atoms with Crippen molar-refractivity contribution < 1.29 is 14.6 Å². The van der Waals surface area contributed by atoms with Crippen molar-refractivity contribution in [3.8, 4) is 0 Å². The molecule has 0 aliphatic heterocycles. The van der Waals surface area contributed by atoms with Crippen LogP contribution in [0.1, 0.15) is 33.1 Å². The molecule has 0 heterocycles. The number of hydrogen-bond donors (Lipinski definition) is 2. The lowest BCUT2D eigenvalue weighted by Gasteiger charge is -2.21. The SMILES string of the molecule is CCOC(=O)C(C)(N)CCCSCCCO.